The smallest absolute Gasteiger partial charge is 0.272 e. The summed E-state index contributed by atoms with van der Waals surface area (Å²) >= 11 is 0.724. The molecule has 8 nitrogen and oxygen atoms in total. The first-order valence-electron chi connectivity index (χ1n) is 11.8. The number of likely N-dealkylation sites (tertiary alicyclic amines) is 1. The van der Waals surface area contributed by atoms with Crippen LogP contribution in [-0.2, 0) is 11.3 Å². The Balaban J connectivity index is 1.62. The van der Waals surface area contributed by atoms with Gasteiger partial charge < -0.3 is 14.6 Å². The van der Waals surface area contributed by atoms with Gasteiger partial charge in [0, 0.05) is 18.5 Å². The van der Waals surface area contributed by atoms with E-state index < -0.39 is 23.7 Å². The number of aliphatic hydroxyl groups excluding tert-OH is 1. The van der Waals surface area contributed by atoms with E-state index >= 15 is 0 Å². The Hall–Kier alpha value is -3.62. The lowest BCUT2D eigenvalue weighted by Crippen LogP contribution is -2.39. The van der Waals surface area contributed by atoms with Crippen LogP contribution in [-0.4, -0.2) is 50.6 Å². The Morgan fingerprint density at radius 1 is 1.32 bits per heavy atom. The van der Waals surface area contributed by atoms with Crippen LogP contribution in [0.2, 0.25) is 0 Å². The molecule has 0 spiro atoms. The fourth-order valence-electron chi connectivity index (χ4n) is 4.35. The van der Waals surface area contributed by atoms with Crippen molar-refractivity contribution in [3.8, 4) is 6.07 Å². The number of benzene rings is 1. The number of anilines is 1. The molecule has 1 atom stereocenters. The number of hydrogen-bond acceptors (Lipinski definition) is 6. The highest BCUT2D eigenvalue weighted by atomic mass is 32.1. The summed E-state index contributed by atoms with van der Waals surface area (Å²) < 4.78 is 27.8. The molecule has 2 amide bonds. The van der Waals surface area contributed by atoms with Gasteiger partial charge in [-0.15, -0.1) is 11.3 Å². The molecule has 1 aromatic carbocycles. The average molecular weight is 528 g/mol. The Morgan fingerprint density at radius 2 is 2.08 bits per heavy atom. The molecule has 0 aliphatic carbocycles. The molecule has 0 bridgehead atoms. The van der Waals surface area contributed by atoms with Crippen molar-refractivity contribution in [3.63, 3.8) is 0 Å². The normalized spacial score (nSPS) is 16.4. The third-order valence-corrected chi connectivity index (χ3v) is 7.36. The predicted molar refractivity (Wildman–Crippen MR) is 136 cm³/mol. The van der Waals surface area contributed by atoms with Crippen LogP contribution < -0.4 is 5.32 Å². The van der Waals surface area contributed by atoms with Crippen molar-refractivity contribution in [1.29, 1.82) is 5.26 Å². The molecule has 2 aromatic heterocycles. The van der Waals surface area contributed by atoms with Gasteiger partial charge >= 0.3 is 0 Å². The van der Waals surface area contributed by atoms with Crippen LogP contribution in [0.4, 0.5) is 14.7 Å². The van der Waals surface area contributed by atoms with Gasteiger partial charge in [0.15, 0.2) is 0 Å². The highest BCUT2D eigenvalue weighted by Crippen LogP contribution is 2.30. The van der Waals surface area contributed by atoms with Crippen LogP contribution in [0.15, 0.2) is 48.0 Å². The van der Waals surface area contributed by atoms with Crippen molar-refractivity contribution in [2.24, 2.45) is 5.41 Å². The molecular weight excluding hydrogens is 500 g/mol. The molecule has 3 aromatic rings. The number of carbonyl (C=O) groups is 2. The summed E-state index contributed by atoms with van der Waals surface area (Å²) in [6.07, 6.45) is 0.282. The molecule has 4 rings (SSSR count). The first kappa shape index (κ1) is 26.4. The number of alkyl halides is 2. The summed E-state index contributed by atoms with van der Waals surface area (Å²) in [5.74, 6) is -0.705. The fraction of sp³-hybridized carbons (Fsp3) is 0.385. The number of carbonyl (C=O) groups excluding carboxylic acids is 2. The minimum absolute atomic E-state index is 0.0255. The van der Waals surface area contributed by atoms with Crippen molar-refractivity contribution in [2.75, 3.05) is 18.5 Å². The van der Waals surface area contributed by atoms with E-state index in [1.807, 2.05) is 24.3 Å². The highest BCUT2D eigenvalue weighted by molar-refractivity contribution is 7.14. The number of imidazole rings is 1. The standard InChI is InChI=1S/C26H27F2N5O3S/c1-26(2,15-34)12-16(13-29)24(36)32-11-5-6-17(32)14-33-19-8-4-3-7-18(19)30-25(33)31-23(35)21-10-9-20(37-21)22(27)28/h3-4,7-10,12,17,22,34H,5-6,11,14-15H2,1-2H3,(H,30,31,35). The van der Waals surface area contributed by atoms with Gasteiger partial charge in [-0.1, -0.05) is 32.1 Å². The molecule has 1 fully saturated rings. The maximum absolute atomic E-state index is 13.3. The van der Waals surface area contributed by atoms with Crippen LogP contribution in [0.3, 0.4) is 0 Å². The molecule has 11 heteroatoms. The number of para-hydroxylation sites is 2. The number of nitriles is 1. The number of aliphatic hydroxyl groups is 1. The largest absolute Gasteiger partial charge is 0.395 e. The fourth-order valence-corrected chi connectivity index (χ4v) is 5.11. The van der Waals surface area contributed by atoms with E-state index in [2.05, 4.69) is 10.3 Å². The lowest BCUT2D eigenvalue weighted by atomic mass is 9.91. The summed E-state index contributed by atoms with van der Waals surface area (Å²) in [5, 5.41) is 21.9. The molecule has 2 N–H and O–H groups in total. The van der Waals surface area contributed by atoms with Crippen molar-refractivity contribution in [3.05, 3.63) is 57.8 Å². The van der Waals surface area contributed by atoms with Crippen LogP contribution in [0.1, 0.15) is 47.7 Å². The average Bonchev–Trinajstić information content (AvgIpc) is 3.62. The van der Waals surface area contributed by atoms with Gasteiger partial charge in [-0.3, -0.25) is 14.9 Å². The van der Waals surface area contributed by atoms with E-state index in [0.717, 1.165) is 23.3 Å². The molecule has 1 aliphatic rings. The number of amides is 2. The third-order valence-electron chi connectivity index (χ3n) is 6.27. The Kier molecular flexibility index (Phi) is 7.71. The Labute approximate surface area is 216 Å². The summed E-state index contributed by atoms with van der Waals surface area (Å²) in [6, 6.07) is 11.6. The molecule has 1 unspecified atom stereocenters. The second-order valence-corrected chi connectivity index (χ2v) is 10.7. The monoisotopic (exact) mass is 527 g/mol. The summed E-state index contributed by atoms with van der Waals surface area (Å²) in [6.45, 7) is 4.06. The van der Waals surface area contributed by atoms with Crippen molar-refractivity contribution in [2.45, 2.75) is 45.7 Å². The zero-order valence-electron chi connectivity index (χ0n) is 20.4. The molecule has 0 saturated carbocycles. The number of nitrogens with one attached hydrogen (secondary N) is 1. The van der Waals surface area contributed by atoms with Gasteiger partial charge in [0.1, 0.15) is 11.6 Å². The number of aromatic nitrogens is 2. The van der Waals surface area contributed by atoms with Gasteiger partial charge in [0.25, 0.3) is 18.2 Å². The van der Waals surface area contributed by atoms with Gasteiger partial charge in [0.2, 0.25) is 5.95 Å². The molecule has 1 aliphatic heterocycles. The minimum atomic E-state index is -2.66. The highest BCUT2D eigenvalue weighted by Gasteiger charge is 2.33. The number of halogens is 2. The van der Waals surface area contributed by atoms with Crippen molar-refractivity contribution < 1.29 is 23.5 Å². The number of nitrogens with zero attached hydrogens (tertiary/aromatic N) is 4. The lowest BCUT2D eigenvalue weighted by Gasteiger charge is -2.26. The number of hydrogen-bond donors (Lipinski definition) is 2. The van der Waals surface area contributed by atoms with E-state index in [0.29, 0.717) is 25.0 Å². The maximum atomic E-state index is 13.3. The molecule has 37 heavy (non-hydrogen) atoms. The van der Waals surface area contributed by atoms with Gasteiger partial charge in [-0.25, -0.2) is 13.8 Å². The van der Waals surface area contributed by atoms with E-state index in [1.165, 1.54) is 18.2 Å². The Morgan fingerprint density at radius 3 is 2.76 bits per heavy atom. The van der Waals surface area contributed by atoms with Gasteiger partial charge in [0.05, 0.1) is 33.4 Å². The van der Waals surface area contributed by atoms with Crippen LogP contribution in [0.25, 0.3) is 11.0 Å². The van der Waals surface area contributed by atoms with E-state index in [-0.39, 0.29) is 33.9 Å². The summed E-state index contributed by atoms with van der Waals surface area (Å²) in [5.41, 5.74) is 0.631. The molecule has 1 saturated heterocycles. The van der Waals surface area contributed by atoms with Crippen molar-refractivity contribution >= 4 is 40.1 Å². The van der Waals surface area contributed by atoms with Crippen LogP contribution in [0.5, 0.6) is 0 Å². The minimum Gasteiger partial charge on any atom is -0.395 e. The lowest BCUT2D eigenvalue weighted by molar-refractivity contribution is -0.127. The van der Waals surface area contributed by atoms with Gasteiger partial charge in [-0.2, -0.15) is 5.26 Å². The molecular formula is C26H27F2N5O3S. The number of fused-ring (bicyclic) bond motifs is 1. The SMILES string of the molecule is CC(C)(C=C(C#N)C(=O)N1CCCC1Cn1c(NC(=O)c2ccc(C(F)F)s2)nc2ccccc21)CO. The number of rotatable bonds is 8. The van der Waals surface area contributed by atoms with Gasteiger partial charge in [-0.05, 0) is 37.1 Å². The maximum Gasteiger partial charge on any atom is 0.272 e. The zero-order chi connectivity index (χ0) is 26.7. The van der Waals surface area contributed by atoms with E-state index in [1.54, 1.807) is 29.4 Å². The quantitative estimate of drug-likeness (QED) is 0.325. The predicted octanol–water partition coefficient (Wildman–Crippen LogP) is 4.75. The topological polar surface area (TPSA) is 111 Å². The molecule has 3 heterocycles. The first-order valence-corrected chi connectivity index (χ1v) is 12.6. The molecule has 194 valence electrons. The second kappa shape index (κ2) is 10.8. The van der Waals surface area contributed by atoms with E-state index in [9.17, 15) is 28.7 Å². The van der Waals surface area contributed by atoms with Crippen molar-refractivity contribution in [1.82, 2.24) is 14.5 Å². The molecule has 0 radical (unpaired) electrons. The number of thiophene rings is 1. The summed E-state index contributed by atoms with van der Waals surface area (Å²) in [4.78, 5) is 32.3. The summed E-state index contributed by atoms with van der Waals surface area (Å²) in [7, 11) is 0. The Bertz CT molecular complexity index is 1390. The zero-order valence-corrected chi connectivity index (χ0v) is 21.3. The van der Waals surface area contributed by atoms with Crippen LogP contribution in [0, 0.1) is 16.7 Å². The first-order chi connectivity index (χ1) is 17.6. The van der Waals surface area contributed by atoms with E-state index in [4.69, 9.17) is 0 Å². The third kappa shape index (κ3) is 5.70. The second-order valence-electron chi connectivity index (χ2n) is 9.60. The van der Waals surface area contributed by atoms with Crippen LogP contribution >= 0.6 is 11.3 Å².